The highest BCUT2D eigenvalue weighted by Crippen LogP contribution is 2.20. The summed E-state index contributed by atoms with van der Waals surface area (Å²) in [7, 11) is 0. The molecule has 0 unspecified atom stereocenters. The van der Waals surface area contributed by atoms with E-state index in [9.17, 15) is 9.18 Å². The number of carbonyl (C=O) groups excluding carboxylic acids is 1. The topological polar surface area (TPSA) is 68.0 Å². The van der Waals surface area contributed by atoms with Crippen LogP contribution >= 0.6 is 23.2 Å². The van der Waals surface area contributed by atoms with E-state index in [1.54, 1.807) is 0 Å². The first-order chi connectivity index (χ1) is 8.95. The van der Waals surface area contributed by atoms with Crippen LogP contribution in [0.3, 0.4) is 0 Å². The van der Waals surface area contributed by atoms with Gasteiger partial charge in [0.2, 0.25) is 0 Å². The second-order valence-electron chi connectivity index (χ2n) is 3.71. The molecule has 2 rings (SSSR count). The van der Waals surface area contributed by atoms with Gasteiger partial charge in [0.25, 0.3) is 5.91 Å². The van der Waals surface area contributed by atoms with Gasteiger partial charge in [0.15, 0.2) is 0 Å². The van der Waals surface area contributed by atoms with Gasteiger partial charge in [-0.2, -0.15) is 0 Å². The standard InChI is InChI=1S/C12H8Cl2FN3O/c13-6-1-7(15)3-8(2-6)18-12(19)9-4-11(14)17-5-10(9)16/h1-5H,16H2,(H,18,19). The number of pyridine rings is 1. The van der Waals surface area contributed by atoms with Crippen molar-refractivity contribution in [2.24, 2.45) is 0 Å². The molecule has 0 radical (unpaired) electrons. The van der Waals surface area contributed by atoms with Gasteiger partial charge in [-0.3, -0.25) is 4.79 Å². The fourth-order valence-electron chi connectivity index (χ4n) is 1.46. The Hall–Kier alpha value is -1.85. The fraction of sp³-hybridized carbons (Fsp3) is 0. The molecule has 0 aliphatic rings. The summed E-state index contributed by atoms with van der Waals surface area (Å²) >= 11 is 11.4. The Morgan fingerprint density at radius 2 is 2.00 bits per heavy atom. The normalized spacial score (nSPS) is 10.3. The minimum Gasteiger partial charge on any atom is -0.397 e. The molecule has 2 aromatic rings. The molecule has 0 saturated carbocycles. The van der Waals surface area contributed by atoms with Crippen molar-refractivity contribution in [2.45, 2.75) is 0 Å². The van der Waals surface area contributed by atoms with Gasteiger partial charge in [-0.25, -0.2) is 9.37 Å². The van der Waals surface area contributed by atoms with E-state index < -0.39 is 11.7 Å². The highest BCUT2D eigenvalue weighted by Gasteiger charge is 2.12. The number of anilines is 2. The molecule has 0 aliphatic carbocycles. The van der Waals surface area contributed by atoms with Crippen LogP contribution in [0, 0.1) is 5.82 Å². The van der Waals surface area contributed by atoms with E-state index in [0.717, 1.165) is 12.1 Å². The molecule has 0 bridgehead atoms. The van der Waals surface area contributed by atoms with Crippen LogP contribution in [0.15, 0.2) is 30.5 Å². The third-order valence-corrected chi connectivity index (χ3v) is 2.69. The van der Waals surface area contributed by atoms with Crippen LogP contribution in [-0.4, -0.2) is 10.9 Å². The fourth-order valence-corrected chi connectivity index (χ4v) is 1.84. The first kappa shape index (κ1) is 13.6. The van der Waals surface area contributed by atoms with E-state index in [4.69, 9.17) is 28.9 Å². The molecule has 7 heteroatoms. The zero-order valence-electron chi connectivity index (χ0n) is 9.45. The van der Waals surface area contributed by atoms with Gasteiger partial charge in [-0.1, -0.05) is 23.2 Å². The van der Waals surface area contributed by atoms with Gasteiger partial charge >= 0.3 is 0 Å². The van der Waals surface area contributed by atoms with Gasteiger partial charge in [-0.15, -0.1) is 0 Å². The monoisotopic (exact) mass is 299 g/mol. The summed E-state index contributed by atoms with van der Waals surface area (Å²) in [5.74, 6) is -1.08. The number of nitrogen functional groups attached to an aromatic ring is 1. The average Bonchev–Trinajstić information content (AvgIpc) is 2.30. The van der Waals surface area contributed by atoms with Crippen molar-refractivity contribution < 1.29 is 9.18 Å². The molecule has 3 N–H and O–H groups in total. The number of nitrogens with two attached hydrogens (primary N) is 1. The molecule has 1 aromatic heterocycles. The number of rotatable bonds is 2. The van der Waals surface area contributed by atoms with Gasteiger partial charge in [-0.05, 0) is 24.3 Å². The molecule has 98 valence electrons. The summed E-state index contributed by atoms with van der Waals surface area (Å²) in [6.07, 6.45) is 1.27. The number of amides is 1. The van der Waals surface area contributed by atoms with Crippen molar-refractivity contribution in [3.63, 3.8) is 0 Å². The Morgan fingerprint density at radius 1 is 1.26 bits per heavy atom. The Morgan fingerprint density at radius 3 is 2.68 bits per heavy atom. The summed E-state index contributed by atoms with van der Waals surface area (Å²) in [6, 6.07) is 5.02. The molecular formula is C12H8Cl2FN3O. The lowest BCUT2D eigenvalue weighted by Gasteiger charge is -2.08. The smallest absolute Gasteiger partial charge is 0.257 e. The summed E-state index contributed by atoms with van der Waals surface area (Å²) in [4.78, 5) is 15.7. The van der Waals surface area contributed by atoms with E-state index in [-0.39, 0.29) is 27.1 Å². The Bertz CT molecular complexity index is 629. The first-order valence-electron chi connectivity index (χ1n) is 5.14. The van der Waals surface area contributed by atoms with Crippen molar-refractivity contribution in [3.8, 4) is 0 Å². The van der Waals surface area contributed by atoms with Gasteiger partial charge in [0.1, 0.15) is 11.0 Å². The van der Waals surface area contributed by atoms with Crippen molar-refractivity contribution in [1.82, 2.24) is 4.98 Å². The van der Waals surface area contributed by atoms with E-state index in [0.29, 0.717) is 0 Å². The molecule has 0 spiro atoms. The van der Waals surface area contributed by atoms with Crippen LogP contribution in [-0.2, 0) is 0 Å². The van der Waals surface area contributed by atoms with Crippen molar-refractivity contribution in [2.75, 3.05) is 11.1 Å². The number of benzene rings is 1. The summed E-state index contributed by atoms with van der Waals surface area (Å²) in [6.45, 7) is 0. The van der Waals surface area contributed by atoms with E-state index in [1.807, 2.05) is 0 Å². The van der Waals surface area contributed by atoms with Gasteiger partial charge in [0.05, 0.1) is 17.4 Å². The first-order valence-corrected chi connectivity index (χ1v) is 5.90. The highest BCUT2D eigenvalue weighted by molar-refractivity contribution is 6.31. The number of hydrogen-bond acceptors (Lipinski definition) is 3. The average molecular weight is 300 g/mol. The number of halogens is 3. The molecule has 0 aliphatic heterocycles. The Labute approximate surface area is 118 Å². The van der Waals surface area contributed by atoms with Crippen LogP contribution in [0.25, 0.3) is 0 Å². The zero-order chi connectivity index (χ0) is 14.0. The maximum absolute atomic E-state index is 13.1. The summed E-state index contributed by atoms with van der Waals surface area (Å²) in [5.41, 5.74) is 6.17. The second kappa shape index (κ2) is 5.42. The van der Waals surface area contributed by atoms with Crippen LogP contribution in [0.1, 0.15) is 10.4 Å². The minimum atomic E-state index is -0.552. The van der Waals surface area contributed by atoms with Crippen LogP contribution < -0.4 is 11.1 Å². The molecule has 19 heavy (non-hydrogen) atoms. The lowest BCUT2D eigenvalue weighted by Crippen LogP contribution is -2.14. The van der Waals surface area contributed by atoms with E-state index >= 15 is 0 Å². The maximum Gasteiger partial charge on any atom is 0.257 e. The number of hydrogen-bond donors (Lipinski definition) is 2. The molecule has 0 atom stereocenters. The molecule has 4 nitrogen and oxygen atoms in total. The predicted octanol–water partition coefficient (Wildman–Crippen LogP) is 3.36. The van der Waals surface area contributed by atoms with Crippen LogP contribution in [0.2, 0.25) is 10.2 Å². The number of nitrogens with zero attached hydrogens (tertiary/aromatic N) is 1. The third-order valence-electron chi connectivity index (χ3n) is 2.27. The predicted molar refractivity (Wildman–Crippen MR) is 73.0 cm³/mol. The van der Waals surface area contributed by atoms with Gasteiger partial charge < -0.3 is 11.1 Å². The number of aromatic nitrogens is 1. The molecule has 0 fully saturated rings. The quantitative estimate of drug-likeness (QED) is 0.836. The Kier molecular flexibility index (Phi) is 3.87. The van der Waals surface area contributed by atoms with Crippen LogP contribution in [0.4, 0.5) is 15.8 Å². The molecule has 0 saturated heterocycles. The van der Waals surface area contributed by atoms with Crippen molar-refractivity contribution in [3.05, 3.63) is 52.0 Å². The van der Waals surface area contributed by atoms with E-state index in [2.05, 4.69) is 10.3 Å². The number of carbonyl (C=O) groups is 1. The molecule has 1 amide bonds. The SMILES string of the molecule is Nc1cnc(Cl)cc1C(=O)Nc1cc(F)cc(Cl)c1. The Balaban J connectivity index is 2.28. The highest BCUT2D eigenvalue weighted by atomic mass is 35.5. The largest absolute Gasteiger partial charge is 0.397 e. The minimum absolute atomic E-state index is 0.136. The van der Waals surface area contributed by atoms with Gasteiger partial charge in [0, 0.05) is 10.7 Å². The number of nitrogens with one attached hydrogen (secondary N) is 1. The second-order valence-corrected chi connectivity index (χ2v) is 4.53. The summed E-state index contributed by atoms with van der Waals surface area (Å²) in [5, 5.41) is 2.79. The lowest BCUT2D eigenvalue weighted by molar-refractivity contribution is 0.102. The molecular weight excluding hydrogens is 292 g/mol. The van der Waals surface area contributed by atoms with Crippen molar-refractivity contribution in [1.29, 1.82) is 0 Å². The third kappa shape index (κ3) is 3.33. The summed E-state index contributed by atoms with van der Waals surface area (Å²) < 4.78 is 13.1. The molecule has 1 aromatic carbocycles. The molecule has 1 heterocycles. The van der Waals surface area contributed by atoms with E-state index in [1.165, 1.54) is 18.3 Å². The van der Waals surface area contributed by atoms with Crippen molar-refractivity contribution >= 4 is 40.5 Å². The zero-order valence-corrected chi connectivity index (χ0v) is 11.0. The maximum atomic E-state index is 13.1. The van der Waals surface area contributed by atoms with Crippen LogP contribution in [0.5, 0.6) is 0 Å². The lowest BCUT2D eigenvalue weighted by atomic mass is 10.2.